The number of carboxylic acid groups (broad SMARTS) is 1. The van der Waals surface area contributed by atoms with Gasteiger partial charge in [0.1, 0.15) is 0 Å². The summed E-state index contributed by atoms with van der Waals surface area (Å²) in [4.78, 5) is 51.5. The van der Waals surface area contributed by atoms with E-state index in [1.165, 1.54) is 0 Å². The fourth-order valence-electron chi connectivity index (χ4n) is 6.53. The van der Waals surface area contributed by atoms with Crippen LogP contribution in [0.3, 0.4) is 0 Å². The Morgan fingerprint density at radius 2 is 1.71 bits per heavy atom. The van der Waals surface area contributed by atoms with E-state index in [-0.39, 0.29) is 48.7 Å². The third-order valence-electron chi connectivity index (χ3n) is 8.41. The van der Waals surface area contributed by atoms with Crippen molar-refractivity contribution in [3.05, 3.63) is 72.1 Å². The molecule has 3 aromatic rings. The summed E-state index contributed by atoms with van der Waals surface area (Å²) in [7, 11) is 0. The normalized spacial score (nSPS) is 21.1. The van der Waals surface area contributed by atoms with E-state index < -0.39 is 5.97 Å². The fraction of sp³-hybridized carbons (Fsp3) is 0.406. The predicted octanol–water partition coefficient (Wildman–Crippen LogP) is 5.27. The van der Waals surface area contributed by atoms with Gasteiger partial charge in [-0.15, -0.1) is 0 Å². The van der Waals surface area contributed by atoms with Gasteiger partial charge in [0.2, 0.25) is 5.91 Å². The summed E-state index contributed by atoms with van der Waals surface area (Å²) >= 11 is 0. The van der Waals surface area contributed by atoms with Gasteiger partial charge in [-0.1, -0.05) is 36.8 Å². The number of para-hydroxylation sites is 1. The van der Waals surface area contributed by atoms with E-state index in [1.54, 1.807) is 12.4 Å². The average Bonchev–Trinajstić information content (AvgIpc) is 3.71. The van der Waals surface area contributed by atoms with Crippen molar-refractivity contribution in [1.82, 2.24) is 14.9 Å². The number of carboxylic acids is 1. The van der Waals surface area contributed by atoms with Crippen molar-refractivity contribution in [1.29, 1.82) is 0 Å². The number of hydrogen-bond donors (Lipinski definition) is 1. The van der Waals surface area contributed by atoms with Gasteiger partial charge < -0.3 is 19.6 Å². The number of rotatable bonds is 9. The highest BCUT2D eigenvalue weighted by Crippen LogP contribution is 2.53. The van der Waals surface area contributed by atoms with Gasteiger partial charge in [-0.25, -0.2) is 9.97 Å². The molecule has 1 aliphatic heterocycles. The maximum atomic E-state index is 14.1. The molecule has 0 saturated heterocycles. The summed E-state index contributed by atoms with van der Waals surface area (Å²) in [6.45, 7) is 2.45. The maximum Gasteiger partial charge on any atom is 0.303 e. The van der Waals surface area contributed by atoms with Crippen LogP contribution in [0.25, 0.3) is 11.4 Å². The molecule has 6 rings (SSSR count). The van der Waals surface area contributed by atoms with Crippen LogP contribution >= 0.6 is 0 Å². The Morgan fingerprint density at radius 3 is 2.39 bits per heavy atom. The Morgan fingerprint density at radius 1 is 0.976 bits per heavy atom. The number of carbonyl (C=O) groups is 3. The molecule has 2 amide bonds. The summed E-state index contributed by atoms with van der Waals surface area (Å²) < 4.78 is 5.43. The molecule has 212 valence electrons. The topological polar surface area (TPSA) is 113 Å². The molecule has 0 radical (unpaired) electrons. The Hall–Kier alpha value is -4.27. The number of anilines is 1. The largest absolute Gasteiger partial charge is 0.491 e. The zero-order valence-electron chi connectivity index (χ0n) is 23.1. The average molecular weight is 555 g/mol. The van der Waals surface area contributed by atoms with Gasteiger partial charge in [-0.3, -0.25) is 14.4 Å². The molecule has 3 unspecified atom stereocenters. The second-order valence-electron chi connectivity index (χ2n) is 11.0. The quantitative estimate of drug-likeness (QED) is 0.383. The first-order chi connectivity index (χ1) is 20.0. The lowest BCUT2D eigenvalue weighted by Gasteiger charge is -2.48. The number of aromatic nitrogens is 2. The summed E-state index contributed by atoms with van der Waals surface area (Å²) in [5.41, 5.74) is 3.19. The van der Waals surface area contributed by atoms with Crippen LogP contribution < -0.4 is 9.64 Å². The molecule has 9 heteroatoms. The number of benzene rings is 2. The molecule has 2 heterocycles. The summed E-state index contributed by atoms with van der Waals surface area (Å²) in [6.07, 6.45) is 7.72. The summed E-state index contributed by atoms with van der Waals surface area (Å²) in [5.74, 6) is 0.130. The maximum absolute atomic E-state index is 14.1. The first kappa shape index (κ1) is 26.9. The number of fused-ring (bicyclic) bond motifs is 2. The molecule has 2 aliphatic carbocycles. The Labute approximate surface area is 239 Å². The van der Waals surface area contributed by atoms with Gasteiger partial charge in [-0.2, -0.15) is 0 Å². The van der Waals surface area contributed by atoms with Crippen LogP contribution in [0.4, 0.5) is 5.69 Å². The van der Waals surface area contributed by atoms with Crippen LogP contribution in [0.15, 0.2) is 60.9 Å². The number of hydrogen-bond acceptors (Lipinski definition) is 6. The van der Waals surface area contributed by atoms with Crippen LogP contribution in [-0.2, 0) is 9.59 Å². The van der Waals surface area contributed by atoms with Crippen LogP contribution in [0.5, 0.6) is 5.75 Å². The van der Waals surface area contributed by atoms with Crippen molar-refractivity contribution >= 4 is 23.5 Å². The number of amides is 2. The summed E-state index contributed by atoms with van der Waals surface area (Å²) in [6, 6.07) is 15.2. The van der Waals surface area contributed by atoms with Crippen LogP contribution in [0, 0.1) is 5.92 Å². The van der Waals surface area contributed by atoms with E-state index in [4.69, 9.17) is 4.74 Å². The minimum absolute atomic E-state index is 0.00501. The molecule has 2 aromatic carbocycles. The highest BCUT2D eigenvalue weighted by molar-refractivity contribution is 6.07. The van der Waals surface area contributed by atoms with Gasteiger partial charge in [0.05, 0.1) is 31.5 Å². The first-order valence-corrected chi connectivity index (χ1v) is 14.5. The van der Waals surface area contributed by atoms with E-state index in [0.717, 1.165) is 48.9 Å². The van der Waals surface area contributed by atoms with Gasteiger partial charge in [0, 0.05) is 41.2 Å². The lowest BCUT2D eigenvalue weighted by Crippen LogP contribution is -2.52. The van der Waals surface area contributed by atoms with Gasteiger partial charge in [0.15, 0.2) is 11.6 Å². The van der Waals surface area contributed by atoms with Crippen molar-refractivity contribution in [2.45, 2.75) is 70.0 Å². The Balaban J connectivity index is 1.31. The molecular formula is C32H34N4O5. The minimum atomic E-state index is -0.964. The predicted molar refractivity (Wildman–Crippen MR) is 152 cm³/mol. The number of aliphatic carboxylic acids is 1. The Kier molecular flexibility index (Phi) is 7.43. The SMILES string of the molecule is CCOc1cnc(-c2ccc(C(=O)N3c4ccccc4C(N(C(=O)CCC(=O)O)C4CC4)C4CCCC43)cc2)nc1. The molecule has 41 heavy (non-hydrogen) atoms. The van der Waals surface area contributed by atoms with E-state index >= 15 is 0 Å². The highest BCUT2D eigenvalue weighted by Gasteiger charge is 2.51. The zero-order chi connectivity index (χ0) is 28.5. The van der Waals surface area contributed by atoms with Crippen molar-refractivity contribution in [3.63, 3.8) is 0 Å². The molecule has 0 bridgehead atoms. The molecule has 3 aliphatic rings. The monoisotopic (exact) mass is 554 g/mol. The molecular weight excluding hydrogens is 520 g/mol. The molecule has 1 aromatic heterocycles. The minimum Gasteiger partial charge on any atom is -0.491 e. The van der Waals surface area contributed by atoms with E-state index in [9.17, 15) is 19.5 Å². The highest BCUT2D eigenvalue weighted by atomic mass is 16.5. The van der Waals surface area contributed by atoms with Crippen molar-refractivity contribution in [2.75, 3.05) is 11.5 Å². The van der Waals surface area contributed by atoms with E-state index in [0.29, 0.717) is 23.7 Å². The second kappa shape index (κ2) is 11.3. The third kappa shape index (κ3) is 5.28. The van der Waals surface area contributed by atoms with Crippen LogP contribution in [-0.4, -0.2) is 56.4 Å². The number of carbonyl (C=O) groups excluding carboxylic acids is 2. The van der Waals surface area contributed by atoms with Gasteiger partial charge >= 0.3 is 5.97 Å². The standard InChI is InChI=1S/C32H34N4O5/c1-2-41-23-18-33-31(34-19-23)20-10-12-21(13-11-20)32(40)36-26-8-4-3-6-24(26)30(25-7-5-9-27(25)36)35(22-14-15-22)28(37)16-17-29(38)39/h3-4,6,8,10-13,18-19,22,25,27,30H,2,5,7,9,14-17H2,1H3,(H,38,39). The van der Waals surface area contributed by atoms with Gasteiger partial charge in [0.25, 0.3) is 5.91 Å². The first-order valence-electron chi connectivity index (χ1n) is 14.5. The zero-order valence-corrected chi connectivity index (χ0v) is 23.1. The lowest BCUT2D eigenvalue weighted by molar-refractivity contribution is -0.142. The van der Waals surface area contributed by atoms with Crippen molar-refractivity contribution < 1.29 is 24.2 Å². The van der Waals surface area contributed by atoms with Crippen LogP contribution in [0.2, 0.25) is 0 Å². The fourth-order valence-corrected chi connectivity index (χ4v) is 6.53. The lowest BCUT2D eigenvalue weighted by atomic mass is 9.81. The molecule has 9 nitrogen and oxygen atoms in total. The third-order valence-corrected chi connectivity index (χ3v) is 8.41. The van der Waals surface area contributed by atoms with Crippen molar-refractivity contribution in [3.8, 4) is 17.1 Å². The Bertz CT molecular complexity index is 1440. The molecule has 2 fully saturated rings. The summed E-state index contributed by atoms with van der Waals surface area (Å²) in [5, 5.41) is 9.21. The molecule has 2 saturated carbocycles. The van der Waals surface area contributed by atoms with E-state index in [2.05, 4.69) is 9.97 Å². The second-order valence-corrected chi connectivity index (χ2v) is 11.0. The molecule has 1 N–H and O–H groups in total. The van der Waals surface area contributed by atoms with Crippen molar-refractivity contribution in [2.24, 2.45) is 5.92 Å². The smallest absolute Gasteiger partial charge is 0.303 e. The van der Waals surface area contributed by atoms with Gasteiger partial charge in [-0.05, 0) is 56.4 Å². The van der Waals surface area contributed by atoms with E-state index in [1.807, 2.05) is 65.3 Å². The van der Waals surface area contributed by atoms with Crippen LogP contribution in [0.1, 0.15) is 73.8 Å². The number of ether oxygens (including phenoxy) is 1. The molecule has 0 spiro atoms. The number of nitrogens with zero attached hydrogens (tertiary/aromatic N) is 4. The molecule has 3 atom stereocenters.